The summed E-state index contributed by atoms with van der Waals surface area (Å²) in [6, 6.07) is 10.8. The third-order valence-corrected chi connectivity index (χ3v) is 4.39. The molecule has 0 saturated heterocycles. The summed E-state index contributed by atoms with van der Waals surface area (Å²) in [5.74, 6) is -1.72. The van der Waals surface area contributed by atoms with Crippen LogP contribution in [-0.2, 0) is 16.1 Å². The first kappa shape index (κ1) is 22.3. The van der Waals surface area contributed by atoms with E-state index in [9.17, 15) is 18.4 Å². The van der Waals surface area contributed by atoms with E-state index in [1.165, 1.54) is 35.2 Å². The highest BCUT2D eigenvalue weighted by molar-refractivity contribution is 5.88. The minimum absolute atomic E-state index is 0.0361. The fraction of sp³-hybridized carbons (Fsp3) is 0.364. The fourth-order valence-electron chi connectivity index (χ4n) is 2.86. The predicted molar refractivity (Wildman–Crippen MR) is 106 cm³/mol. The number of halogens is 2. The number of hydrogen-bond acceptors (Lipinski definition) is 3. The zero-order valence-corrected chi connectivity index (χ0v) is 16.7. The standard InChI is InChI=1S/C22H26F2N2O3/c1-3-13-25-22(28)19(4-2)26(14-16-9-11-17(23)12-10-16)21(27)15-29-20-8-6-5-7-18(20)24/h5-12,19H,3-4,13-15H2,1-2H3,(H,25,28)/t19-/m1/s1. The smallest absolute Gasteiger partial charge is 0.261 e. The van der Waals surface area contributed by atoms with E-state index in [1.807, 2.05) is 6.92 Å². The van der Waals surface area contributed by atoms with Crippen molar-refractivity contribution in [2.24, 2.45) is 0 Å². The molecule has 0 aliphatic heterocycles. The average molecular weight is 404 g/mol. The van der Waals surface area contributed by atoms with E-state index in [-0.39, 0.29) is 24.0 Å². The molecule has 7 heteroatoms. The summed E-state index contributed by atoms with van der Waals surface area (Å²) in [5, 5.41) is 2.80. The van der Waals surface area contributed by atoms with Crippen LogP contribution >= 0.6 is 0 Å². The Morgan fingerprint density at radius 1 is 1.07 bits per heavy atom. The van der Waals surface area contributed by atoms with E-state index < -0.39 is 24.4 Å². The van der Waals surface area contributed by atoms with Crippen molar-refractivity contribution in [2.45, 2.75) is 39.3 Å². The van der Waals surface area contributed by atoms with Crippen LogP contribution in [0.1, 0.15) is 32.3 Å². The van der Waals surface area contributed by atoms with Crippen LogP contribution in [0.3, 0.4) is 0 Å². The molecule has 5 nitrogen and oxygen atoms in total. The molecule has 0 aliphatic rings. The Kier molecular flexibility index (Phi) is 8.58. The maximum Gasteiger partial charge on any atom is 0.261 e. The summed E-state index contributed by atoms with van der Waals surface area (Å²) in [7, 11) is 0. The van der Waals surface area contributed by atoms with Gasteiger partial charge in [0.2, 0.25) is 5.91 Å². The molecule has 0 fully saturated rings. The van der Waals surface area contributed by atoms with E-state index in [2.05, 4.69) is 5.32 Å². The van der Waals surface area contributed by atoms with E-state index in [0.29, 0.717) is 18.5 Å². The molecule has 0 bridgehead atoms. The van der Waals surface area contributed by atoms with Crippen LogP contribution in [0.25, 0.3) is 0 Å². The van der Waals surface area contributed by atoms with Crippen molar-refractivity contribution in [3.05, 3.63) is 65.7 Å². The van der Waals surface area contributed by atoms with Gasteiger partial charge in [-0.15, -0.1) is 0 Å². The van der Waals surface area contributed by atoms with Gasteiger partial charge < -0.3 is 15.0 Å². The summed E-state index contributed by atoms with van der Waals surface area (Å²) in [6.45, 7) is 3.93. The molecule has 0 spiro atoms. The molecule has 2 aromatic carbocycles. The fourth-order valence-corrected chi connectivity index (χ4v) is 2.86. The van der Waals surface area contributed by atoms with Crippen molar-refractivity contribution in [3.8, 4) is 5.75 Å². The molecule has 1 N–H and O–H groups in total. The van der Waals surface area contributed by atoms with Crippen molar-refractivity contribution >= 4 is 11.8 Å². The van der Waals surface area contributed by atoms with Gasteiger partial charge in [0.15, 0.2) is 18.2 Å². The van der Waals surface area contributed by atoms with Gasteiger partial charge in [0.25, 0.3) is 5.91 Å². The van der Waals surface area contributed by atoms with Crippen molar-refractivity contribution in [3.63, 3.8) is 0 Å². The third-order valence-electron chi connectivity index (χ3n) is 4.39. The monoisotopic (exact) mass is 404 g/mol. The molecular formula is C22H26F2N2O3. The molecule has 0 heterocycles. The molecule has 0 aliphatic carbocycles. The molecular weight excluding hydrogens is 378 g/mol. The Balaban J connectivity index is 2.19. The molecule has 2 amide bonds. The Labute approximate surface area is 169 Å². The van der Waals surface area contributed by atoms with Crippen LogP contribution in [0.15, 0.2) is 48.5 Å². The summed E-state index contributed by atoms with van der Waals surface area (Å²) in [6.07, 6.45) is 1.16. The van der Waals surface area contributed by atoms with Gasteiger partial charge in [-0.1, -0.05) is 38.1 Å². The molecule has 29 heavy (non-hydrogen) atoms. The van der Waals surface area contributed by atoms with Crippen LogP contribution < -0.4 is 10.1 Å². The molecule has 0 unspecified atom stereocenters. The van der Waals surface area contributed by atoms with Gasteiger partial charge in [0.1, 0.15) is 11.9 Å². The van der Waals surface area contributed by atoms with Gasteiger partial charge in [-0.25, -0.2) is 8.78 Å². The second kappa shape index (κ2) is 11.1. The highest BCUT2D eigenvalue weighted by Gasteiger charge is 2.28. The third kappa shape index (κ3) is 6.55. The Morgan fingerprint density at radius 2 is 1.76 bits per heavy atom. The number of rotatable bonds is 10. The Bertz CT molecular complexity index is 812. The van der Waals surface area contributed by atoms with Gasteiger partial charge in [-0.3, -0.25) is 9.59 Å². The maximum atomic E-state index is 13.8. The molecule has 2 rings (SSSR count). The van der Waals surface area contributed by atoms with Gasteiger partial charge in [-0.2, -0.15) is 0 Å². The lowest BCUT2D eigenvalue weighted by Crippen LogP contribution is -2.50. The lowest BCUT2D eigenvalue weighted by molar-refractivity contribution is -0.143. The number of amides is 2. The van der Waals surface area contributed by atoms with Crippen LogP contribution in [-0.4, -0.2) is 35.9 Å². The number of nitrogens with zero attached hydrogens (tertiary/aromatic N) is 1. The van der Waals surface area contributed by atoms with Crippen molar-refractivity contribution in [1.82, 2.24) is 10.2 Å². The molecule has 156 valence electrons. The number of carbonyl (C=O) groups excluding carboxylic acids is 2. The Morgan fingerprint density at radius 3 is 2.38 bits per heavy atom. The van der Waals surface area contributed by atoms with Crippen molar-refractivity contribution in [1.29, 1.82) is 0 Å². The van der Waals surface area contributed by atoms with Crippen molar-refractivity contribution < 1.29 is 23.1 Å². The van der Waals surface area contributed by atoms with E-state index in [0.717, 1.165) is 6.42 Å². The molecule has 0 aromatic heterocycles. The number of hydrogen-bond donors (Lipinski definition) is 1. The highest BCUT2D eigenvalue weighted by atomic mass is 19.1. The van der Waals surface area contributed by atoms with E-state index >= 15 is 0 Å². The number of ether oxygens (including phenoxy) is 1. The number of nitrogens with one attached hydrogen (secondary N) is 1. The quantitative estimate of drug-likeness (QED) is 0.657. The number of carbonyl (C=O) groups is 2. The highest BCUT2D eigenvalue weighted by Crippen LogP contribution is 2.17. The molecule has 0 radical (unpaired) electrons. The average Bonchev–Trinajstić information content (AvgIpc) is 2.72. The molecule has 2 aromatic rings. The summed E-state index contributed by atoms with van der Waals surface area (Å²) < 4.78 is 32.3. The van der Waals surface area contributed by atoms with Crippen LogP contribution in [0, 0.1) is 11.6 Å². The minimum atomic E-state index is -0.719. The SMILES string of the molecule is CCCNC(=O)[C@@H](CC)N(Cc1ccc(F)cc1)C(=O)COc1ccccc1F. The lowest BCUT2D eigenvalue weighted by Gasteiger charge is -2.30. The van der Waals surface area contributed by atoms with E-state index in [4.69, 9.17) is 4.74 Å². The van der Waals surface area contributed by atoms with Gasteiger partial charge in [0.05, 0.1) is 0 Å². The second-order valence-electron chi connectivity index (χ2n) is 6.58. The lowest BCUT2D eigenvalue weighted by atomic mass is 10.1. The maximum absolute atomic E-state index is 13.8. The van der Waals surface area contributed by atoms with Gasteiger partial charge in [0, 0.05) is 13.1 Å². The zero-order chi connectivity index (χ0) is 21.2. The number of para-hydroxylation sites is 1. The summed E-state index contributed by atoms with van der Waals surface area (Å²) >= 11 is 0. The van der Waals surface area contributed by atoms with Crippen LogP contribution in [0.2, 0.25) is 0 Å². The van der Waals surface area contributed by atoms with Crippen LogP contribution in [0.4, 0.5) is 8.78 Å². The first-order valence-electron chi connectivity index (χ1n) is 9.65. The van der Waals surface area contributed by atoms with E-state index in [1.54, 1.807) is 25.1 Å². The van der Waals surface area contributed by atoms with Crippen molar-refractivity contribution in [2.75, 3.05) is 13.2 Å². The minimum Gasteiger partial charge on any atom is -0.481 e. The molecule has 1 atom stereocenters. The first-order chi connectivity index (χ1) is 14.0. The zero-order valence-electron chi connectivity index (χ0n) is 16.7. The largest absolute Gasteiger partial charge is 0.481 e. The normalized spacial score (nSPS) is 11.6. The summed E-state index contributed by atoms with van der Waals surface area (Å²) in [4.78, 5) is 26.9. The molecule has 0 saturated carbocycles. The topological polar surface area (TPSA) is 58.6 Å². The second-order valence-corrected chi connectivity index (χ2v) is 6.58. The van der Waals surface area contributed by atoms with Gasteiger partial charge >= 0.3 is 0 Å². The first-order valence-corrected chi connectivity index (χ1v) is 9.65. The van der Waals surface area contributed by atoms with Gasteiger partial charge in [-0.05, 0) is 42.7 Å². The number of benzene rings is 2. The predicted octanol–water partition coefficient (Wildman–Crippen LogP) is 3.68. The van der Waals surface area contributed by atoms with Crippen LogP contribution in [0.5, 0.6) is 5.75 Å². The Hall–Kier alpha value is -2.96. The summed E-state index contributed by atoms with van der Waals surface area (Å²) in [5.41, 5.74) is 0.674.